The number of alkyl carbamates (subject to hydrolysis) is 1. The zero-order valence-electron chi connectivity index (χ0n) is 12.8. The molecule has 0 bridgehead atoms. The van der Waals surface area contributed by atoms with Crippen LogP contribution < -0.4 is 10.6 Å². The second kappa shape index (κ2) is 6.35. The van der Waals surface area contributed by atoms with E-state index in [0.29, 0.717) is 6.04 Å². The summed E-state index contributed by atoms with van der Waals surface area (Å²) in [6, 6.07) is 8.24. The minimum atomic E-state index is -0.462. The Kier molecular flexibility index (Phi) is 4.73. The van der Waals surface area contributed by atoms with Crippen LogP contribution in [-0.2, 0) is 11.3 Å². The van der Waals surface area contributed by atoms with Gasteiger partial charge in [-0.05, 0) is 51.3 Å². The number of carbonyl (C=O) groups is 1. The van der Waals surface area contributed by atoms with Gasteiger partial charge in [0.2, 0.25) is 0 Å². The average molecular weight is 292 g/mol. The predicted molar refractivity (Wildman–Crippen MR) is 82.2 cm³/mol. The molecule has 0 saturated heterocycles. The molecule has 0 heterocycles. The van der Waals surface area contributed by atoms with Gasteiger partial charge in [-0.3, -0.25) is 0 Å². The van der Waals surface area contributed by atoms with Crippen LogP contribution in [0.4, 0.5) is 10.5 Å². The maximum atomic E-state index is 11.6. The number of anilines is 1. The number of aliphatic hydroxyl groups excluding tert-OH is 1. The second-order valence-corrected chi connectivity index (χ2v) is 6.51. The number of benzene rings is 1. The summed E-state index contributed by atoms with van der Waals surface area (Å²) in [5.74, 6) is 0. The molecule has 1 fully saturated rings. The Hall–Kier alpha value is -1.75. The number of carbonyl (C=O) groups excluding carboxylic acids is 1. The van der Waals surface area contributed by atoms with Gasteiger partial charge in [-0.25, -0.2) is 4.79 Å². The smallest absolute Gasteiger partial charge is 0.407 e. The Morgan fingerprint density at radius 2 is 2.05 bits per heavy atom. The van der Waals surface area contributed by atoms with E-state index in [-0.39, 0.29) is 18.7 Å². The number of aliphatic hydroxyl groups is 1. The standard InChI is InChI=1S/C16H24N2O3/c1-16(2,3)21-15(20)18-14-8-13(9-14)17-12-6-4-5-11(7-12)10-19/h4-7,13-14,17,19H,8-10H2,1-3H3,(H,18,20). The summed E-state index contributed by atoms with van der Waals surface area (Å²) >= 11 is 0. The fourth-order valence-electron chi connectivity index (χ4n) is 2.32. The minimum Gasteiger partial charge on any atom is -0.444 e. The van der Waals surface area contributed by atoms with Crippen LogP contribution in [0.3, 0.4) is 0 Å². The number of rotatable bonds is 4. The molecule has 0 radical (unpaired) electrons. The molecule has 2 rings (SSSR count). The van der Waals surface area contributed by atoms with E-state index in [1.807, 2.05) is 45.0 Å². The van der Waals surface area contributed by atoms with E-state index in [0.717, 1.165) is 24.1 Å². The van der Waals surface area contributed by atoms with Crippen molar-refractivity contribution in [2.45, 2.75) is 57.9 Å². The molecule has 1 aliphatic carbocycles. The minimum absolute atomic E-state index is 0.0447. The molecule has 5 nitrogen and oxygen atoms in total. The fourth-order valence-corrected chi connectivity index (χ4v) is 2.32. The van der Waals surface area contributed by atoms with Crippen molar-refractivity contribution in [3.05, 3.63) is 29.8 Å². The number of hydrogen-bond donors (Lipinski definition) is 3. The van der Waals surface area contributed by atoms with Gasteiger partial charge >= 0.3 is 6.09 Å². The van der Waals surface area contributed by atoms with Crippen LogP contribution in [0.15, 0.2) is 24.3 Å². The molecule has 21 heavy (non-hydrogen) atoms. The lowest BCUT2D eigenvalue weighted by atomic mass is 9.86. The maximum Gasteiger partial charge on any atom is 0.407 e. The molecule has 3 N–H and O–H groups in total. The highest BCUT2D eigenvalue weighted by Crippen LogP contribution is 2.25. The molecule has 0 atom stereocenters. The molecule has 1 amide bonds. The van der Waals surface area contributed by atoms with Crippen molar-refractivity contribution in [3.63, 3.8) is 0 Å². The summed E-state index contributed by atoms with van der Waals surface area (Å²) in [6.07, 6.45) is 1.40. The summed E-state index contributed by atoms with van der Waals surface area (Å²) in [4.78, 5) is 11.6. The van der Waals surface area contributed by atoms with Crippen LogP contribution in [0.1, 0.15) is 39.2 Å². The lowest BCUT2D eigenvalue weighted by Gasteiger charge is -2.37. The predicted octanol–water partition coefficient (Wildman–Crippen LogP) is 2.65. The van der Waals surface area contributed by atoms with Gasteiger partial charge in [0.25, 0.3) is 0 Å². The highest BCUT2D eigenvalue weighted by molar-refractivity contribution is 5.68. The Morgan fingerprint density at radius 1 is 1.33 bits per heavy atom. The molecule has 1 saturated carbocycles. The van der Waals surface area contributed by atoms with Gasteiger partial charge in [0, 0.05) is 17.8 Å². The monoisotopic (exact) mass is 292 g/mol. The largest absolute Gasteiger partial charge is 0.444 e. The molecule has 0 spiro atoms. The van der Waals surface area contributed by atoms with E-state index in [2.05, 4.69) is 10.6 Å². The fraction of sp³-hybridized carbons (Fsp3) is 0.562. The van der Waals surface area contributed by atoms with Crippen LogP contribution in [0, 0.1) is 0 Å². The Bertz CT molecular complexity index is 491. The third-order valence-corrected chi connectivity index (χ3v) is 3.34. The first kappa shape index (κ1) is 15.6. The summed E-state index contributed by atoms with van der Waals surface area (Å²) in [7, 11) is 0. The topological polar surface area (TPSA) is 70.6 Å². The van der Waals surface area contributed by atoms with Crippen molar-refractivity contribution in [3.8, 4) is 0 Å². The van der Waals surface area contributed by atoms with Crippen molar-refractivity contribution >= 4 is 11.8 Å². The van der Waals surface area contributed by atoms with Gasteiger partial charge in [0.15, 0.2) is 0 Å². The van der Waals surface area contributed by atoms with Crippen molar-refractivity contribution in [1.82, 2.24) is 5.32 Å². The van der Waals surface area contributed by atoms with Gasteiger partial charge < -0.3 is 20.5 Å². The number of nitrogens with one attached hydrogen (secondary N) is 2. The number of amides is 1. The molecular formula is C16H24N2O3. The molecule has 1 aromatic carbocycles. The molecule has 5 heteroatoms. The van der Waals surface area contributed by atoms with Crippen LogP contribution >= 0.6 is 0 Å². The Morgan fingerprint density at radius 3 is 2.67 bits per heavy atom. The highest BCUT2D eigenvalue weighted by atomic mass is 16.6. The number of ether oxygens (including phenoxy) is 1. The van der Waals surface area contributed by atoms with Crippen molar-refractivity contribution in [2.24, 2.45) is 0 Å². The van der Waals surface area contributed by atoms with Crippen LogP contribution in [0.5, 0.6) is 0 Å². The molecule has 0 unspecified atom stereocenters. The first-order valence-electron chi connectivity index (χ1n) is 7.31. The highest BCUT2D eigenvalue weighted by Gasteiger charge is 2.31. The molecule has 0 aromatic heterocycles. The van der Waals surface area contributed by atoms with E-state index in [1.54, 1.807) is 0 Å². The van der Waals surface area contributed by atoms with Crippen molar-refractivity contribution in [1.29, 1.82) is 0 Å². The van der Waals surface area contributed by atoms with Gasteiger partial charge in [-0.1, -0.05) is 12.1 Å². The maximum absolute atomic E-state index is 11.6. The van der Waals surface area contributed by atoms with Crippen LogP contribution in [-0.4, -0.2) is 28.9 Å². The van der Waals surface area contributed by atoms with Gasteiger partial charge in [0.1, 0.15) is 5.60 Å². The van der Waals surface area contributed by atoms with E-state index in [9.17, 15) is 4.79 Å². The molecule has 1 aliphatic rings. The zero-order valence-corrected chi connectivity index (χ0v) is 12.8. The van der Waals surface area contributed by atoms with Gasteiger partial charge in [-0.2, -0.15) is 0 Å². The summed E-state index contributed by atoms with van der Waals surface area (Å²) in [5.41, 5.74) is 1.43. The normalized spacial score (nSPS) is 21.3. The molecule has 1 aromatic rings. The second-order valence-electron chi connectivity index (χ2n) is 6.51. The van der Waals surface area contributed by atoms with E-state index < -0.39 is 5.60 Å². The van der Waals surface area contributed by atoms with Crippen molar-refractivity contribution in [2.75, 3.05) is 5.32 Å². The van der Waals surface area contributed by atoms with E-state index in [1.165, 1.54) is 0 Å². The summed E-state index contributed by atoms with van der Waals surface area (Å²) in [5, 5.41) is 15.4. The molecule has 116 valence electrons. The lowest BCUT2D eigenvalue weighted by molar-refractivity contribution is 0.0475. The third-order valence-electron chi connectivity index (χ3n) is 3.34. The van der Waals surface area contributed by atoms with Crippen LogP contribution in [0.2, 0.25) is 0 Å². The van der Waals surface area contributed by atoms with Crippen molar-refractivity contribution < 1.29 is 14.6 Å². The first-order valence-corrected chi connectivity index (χ1v) is 7.31. The lowest BCUT2D eigenvalue weighted by Crippen LogP contribution is -2.50. The van der Waals surface area contributed by atoms with E-state index >= 15 is 0 Å². The van der Waals surface area contributed by atoms with Gasteiger partial charge in [-0.15, -0.1) is 0 Å². The summed E-state index contributed by atoms with van der Waals surface area (Å²) < 4.78 is 5.23. The number of hydrogen-bond acceptors (Lipinski definition) is 4. The molecular weight excluding hydrogens is 268 g/mol. The quantitative estimate of drug-likeness (QED) is 0.798. The SMILES string of the molecule is CC(C)(C)OC(=O)NC1CC(Nc2cccc(CO)c2)C1. The summed E-state index contributed by atoms with van der Waals surface area (Å²) in [6.45, 7) is 5.60. The molecule has 0 aliphatic heterocycles. The van der Waals surface area contributed by atoms with Crippen LogP contribution in [0.25, 0.3) is 0 Å². The first-order chi connectivity index (χ1) is 9.85. The third kappa shape index (κ3) is 4.93. The average Bonchev–Trinajstić information content (AvgIpc) is 2.34. The Balaban J connectivity index is 1.73. The zero-order chi connectivity index (χ0) is 15.5. The van der Waals surface area contributed by atoms with Gasteiger partial charge in [0.05, 0.1) is 6.61 Å². The Labute approximate surface area is 125 Å². The van der Waals surface area contributed by atoms with E-state index in [4.69, 9.17) is 9.84 Å².